The van der Waals surface area contributed by atoms with E-state index in [1.54, 1.807) is 7.11 Å². The van der Waals surface area contributed by atoms with Crippen molar-refractivity contribution >= 4 is 0 Å². The Balaban J connectivity index is 2.81. The van der Waals surface area contributed by atoms with Gasteiger partial charge in [-0.2, -0.15) is 0 Å². The minimum absolute atomic E-state index is 0.353. The molecule has 0 fully saturated rings. The van der Waals surface area contributed by atoms with Crippen LogP contribution in [0.4, 0.5) is 0 Å². The van der Waals surface area contributed by atoms with Gasteiger partial charge >= 0.3 is 0 Å². The van der Waals surface area contributed by atoms with E-state index in [2.05, 4.69) is 65.2 Å². The van der Waals surface area contributed by atoms with Crippen molar-refractivity contribution in [1.82, 2.24) is 5.32 Å². The van der Waals surface area contributed by atoms with E-state index in [1.807, 2.05) is 0 Å². The summed E-state index contributed by atoms with van der Waals surface area (Å²) in [7, 11) is 3.81. The lowest BCUT2D eigenvalue weighted by atomic mass is 9.78. The Labute approximate surface area is 124 Å². The number of hydrogen-bond donors (Lipinski definition) is 1. The Morgan fingerprint density at radius 3 is 2.40 bits per heavy atom. The molecule has 0 saturated carbocycles. The molecule has 0 amide bonds. The van der Waals surface area contributed by atoms with Crippen molar-refractivity contribution in [2.24, 2.45) is 11.3 Å². The minimum atomic E-state index is 0.353. The molecule has 20 heavy (non-hydrogen) atoms. The monoisotopic (exact) mass is 277 g/mol. The zero-order chi connectivity index (χ0) is 15.3. The van der Waals surface area contributed by atoms with Crippen LogP contribution in [0.15, 0.2) is 18.2 Å². The second-order valence-electron chi connectivity index (χ2n) is 7.01. The molecule has 2 nitrogen and oxygen atoms in total. The number of likely N-dealkylation sites (N-methyl/N-ethyl adjacent to an activating group) is 1. The number of methoxy groups -OCH3 is 1. The Hall–Kier alpha value is -1.02. The molecule has 1 rings (SSSR count). The van der Waals surface area contributed by atoms with E-state index in [-0.39, 0.29) is 0 Å². The summed E-state index contributed by atoms with van der Waals surface area (Å²) in [5.41, 5.74) is 2.94. The molecular formula is C18H31NO. The van der Waals surface area contributed by atoms with Gasteiger partial charge in [-0.05, 0) is 49.8 Å². The van der Waals surface area contributed by atoms with Gasteiger partial charge in [0.1, 0.15) is 5.75 Å². The second kappa shape index (κ2) is 7.12. The first-order chi connectivity index (χ1) is 9.27. The minimum Gasteiger partial charge on any atom is -0.496 e. The lowest BCUT2D eigenvalue weighted by Gasteiger charge is -2.31. The first kappa shape index (κ1) is 17.0. The smallest absolute Gasteiger partial charge is 0.122 e. The van der Waals surface area contributed by atoms with Crippen LogP contribution >= 0.6 is 0 Å². The van der Waals surface area contributed by atoms with Crippen molar-refractivity contribution in [3.8, 4) is 5.75 Å². The van der Waals surface area contributed by atoms with E-state index >= 15 is 0 Å². The predicted molar refractivity (Wildman–Crippen MR) is 87.5 cm³/mol. The molecule has 0 heterocycles. The molecule has 0 aliphatic carbocycles. The highest BCUT2D eigenvalue weighted by atomic mass is 16.5. The molecular weight excluding hydrogens is 246 g/mol. The van der Waals surface area contributed by atoms with E-state index < -0.39 is 0 Å². The maximum atomic E-state index is 5.49. The molecule has 0 aliphatic rings. The third-order valence-corrected chi connectivity index (χ3v) is 4.43. The Morgan fingerprint density at radius 2 is 1.90 bits per heavy atom. The van der Waals surface area contributed by atoms with Gasteiger partial charge in [0.05, 0.1) is 7.11 Å². The van der Waals surface area contributed by atoms with Crippen LogP contribution in [0.1, 0.15) is 45.2 Å². The van der Waals surface area contributed by atoms with Crippen LogP contribution in [-0.4, -0.2) is 20.2 Å². The van der Waals surface area contributed by atoms with Crippen molar-refractivity contribution in [2.75, 3.05) is 14.2 Å². The zero-order valence-electron chi connectivity index (χ0n) is 14.2. The molecule has 0 aliphatic heterocycles. The average molecular weight is 277 g/mol. The normalized spacial score (nSPS) is 14.9. The average Bonchev–Trinajstić information content (AvgIpc) is 2.37. The van der Waals surface area contributed by atoms with Crippen molar-refractivity contribution in [3.63, 3.8) is 0 Å². The summed E-state index contributed by atoms with van der Waals surface area (Å²) in [4.78, 5) is 0. The number of rotatable bonds is 6. The van der Waals surface area contributed by atoms with Crippen LogP contribution in [0.25, 0.3) is 0 Å². The van der Waals surface area contributed by atoms with Gasteiger partial charge in [0.15, 0.2) is 0 Å². The number of ether oxygens (including phenoxy) is 1. The Kier molecular flexibility index (Phi) is 6.07. The lowest BCUT2D eigenvalue weighted by Crippen LogP contribution is -2.33. The SMILES string of the molecule is CNC(Cc1cc(C)ccc1OC)CC(C)C(C)(C)C. The first-order valence-electron chi connectivity index (χ1n) is 7.58. The summed E-state index contributed by atoms with van der Waals surface area (Å²) < 4.78 is 5.49. The molecule has 114 valence electrons. The molecule has 0 aromatic heterocycles. The van der Waals surface area contributed by atoms with Crippen molar-refractivity contribution in [1.29, 1.82) is 0 Å². The summed E-state index contributed by atoms with van der Waals surface area (Å²) in [6.45, 7) is 11.4. The molecule has 1 N–H and O–H groups in total. The lowest BCUT2D eigenvalue weighted by molar-refractivity contribution is 0.224. The van der Waals surface area contributed by atoms with Gasteiger partial charge in [-0.25, -0.2) is 0 Å². The predicted octanol–water partition coefficient (Wildman–Crippen LogP) is 4.21. The highest BCUT2D eigenvalue weighted by molar-refractivity contribution is 5.37. The fourth-order valence-corrected chi connectivity index (χ4v) is 2.42. The number of hydrogen-bond acceptors (Lipinski definition) is 2. The van der Waals surface area contributed by atoms with E-state index in [9.17, 15) is 0 Å². The van der Waals surface area contributed by atoms with E-state index in [0.717, 1.165) is 12.2 Å². The van der Waals surface area contributed by atoms with Crippen molar-refractivity contribution < 1.29 is 4.74 Å². The van der Waals surface area contributed by atoms with E-state index in [1.165, 1.54) is 17.5 Å². The molecule has 0 saturated heterocycles. The van der Waals surface area contributed by atoms with Gasteiger partial charge < -0.3 is 10.1 Å². The fraction of sp³-hybridized carbons (Fsp3) is 0.667. The molecule has 1 aromatic rings. The topological polar surface area (TPSA) is 21.3 Å². The van der Waals surface area contributed by atoms with Crippen LogP contribution in [0, 0.1) is 18.3 Å². The first-order valence-corrected chi connectivity index (χ1v) is 7.58. The zero-order valence-corrected chi connectivity index (χ0v) is 14.2. The number of benzene rings is 1. The van der Waals surface area contributed by atoms with Gasteiger partial charge in [-0.1, -0.05) is 45.4 Å². The van der Waals surface area contributed by atoms with Gasteiger partial charge in [-0.3, -0.25) is 0 Å². The van der Waals surface area contributed by atoms with Gasteiger partial charge in [0, 0.05) is 6.04 Å². The summed E-state index contributed by atoms with van der Waals surface area (Å²) >= 11 is 0. The number of aryl methyl sites for hydroxylation is 1. The van der Waals surface area contributed by atoms with Crippen LogP contribution < -0.4 is 10.1 Å². The molecule has 0 bridgehead atoms. The Bertz CT molecular complexity index is 420. The molecule has 2 atom stereocenters. The van der Waals surface area contributed by atoms with E-state index in [4.69, 9.17) is 4.74 Å². The summed E-state index contributed by atoms with van der Waals surface area (Å²) in [5.74, 6) is 1.68. The Morgan fingerprint density at radius 1 is 1.25 bits per heavy atom. The summed E-state index contributed by atoms with van der Waals surface area (Å²) in [5, 5.41) is 3.47. The van der Waals surface area contributed by atoms with E-state index in [0.29, 0.717) is 17.4 Å². The largest absolute Gasteiger partial charge is 0.496 e. The molecule has 2 unspecified atom stereocenters. The standard InChI is InChI=1S/C18H31NO/c1-13-8-9-17(20-7)15(10-13)12-16(19-6)11-14(2)18(3,4)5/h8-10,14,16,19H,11-12H2,1-7H3. The van der Waals surface area contributed by atoms with Crippen LogP contribution in [0.2, 0.25) is 0 Å². The summed E-state index contributed by atoms with van der Waals surface area (Å²) in [6, 6.07) is 6.91. The maximum absolute atomic E-state index is 5.49. The highest BCUT2D eigenvalue weighted by Gasteiger charge is 2.23. The highest BCUT2D eigenvalue weighted by Crippen LogP contribution is 2.30. The molecule has 0 spiro atoms. The summed E-state index contributed by atoms with van der Waals surface area (Å²) in [6.07, 6.45) is 2.19. The molecule has 1 aromatic carbocycles. The van der Waals surface area contributed by atoms with Crippen molar-refractivity contribution in [2.45, 2.75) is 53.5 Å². The van der Waals surface area contributed by atoms with Gasteiger partial charge in [0.2, 0.25) is 0 Å². The fourth-order valence-electron chi connectivity index (χ4n) is 2.42. The second-order valence-corrected chi connectivity index (χ2v) is 7.01. The third-order valence-electron chi connectivity index (χ3n) is 4.43. The number of nitrogens with one attached hydrogen (secondary N) is 1. The maximum Gasteiger partial charge on any atom is 0.122 e. The molecule has 0 radical (unpaired) electrons. The van der Waals surface area contributed by atoms with Crippen LogP contribution in [0.3, 0.4) is 0 Å². The third kappa shape index (κ3) is 4.82. The van der Waals surface area contributed by atoms with Gasteiger partial charge in [0.25, 0.3) is 0 Å². The molecule has 2 heteroatoms. The van der Waals surface area contributed by atoms with Gasteiger partial charge in [-0.15, -0.1) is 0 Å². The quantitative estimate of drug-likeness (QED) is 0.841. The van der Waals surface area contributed by atoms with Crippen LogP contribution in [0.5, 0.6) is 5.75 Å². The van der Waals surface area contributed by atoms with Crippen LogP contribution in [-0.2, 0) is 6.42 Å². The van der Waals surface area contributed by atoms with Crippen molar-refractivity contribution in [3.05, 3.63) is 29.3 Å².